The van der Waals surface area contributed by atoms with Crippen LogP contribution in [-0.2, 0) is 4.79 Å². The molecule has 0 aliphatic carbocycles. The van der Waals surface area contributed by atoms with Crippen LogP contribution in [0.5, 0.6) is 0 Å². The van der Waals surface area contributed by atoms with Gasteiger partial charge < -0.3 is 15.1 Å². The summed E-state index contributed by atoms with van der Waals surface area (Å²) in [6.45, 7) is 15.0. The third-order valence-corrected chi connectivity index (χ3v) is 2.69. The molecule has 0 spiro atoms. The third-order valence-electron chi connectivity index (χ3n) is 2.69. The predicted molar refractivity (Wildman–Crippen MR) is 65.7 cm³/mol. The Morgan fingerprint density at radius 2 is 1.81 bits per heavy atom. The molecule has 1 amide bonds. The smallest absolute Gasteiger partial charge is 0.247 e. The van der Waals surface area contributed by atoms with Crippen LogP contribution in [0.2, 0.25) is 0 Å². The highest BCUT2D eigenvalue weighted by Crippen LogP contribution is 2.11. The Morgan fingerprint density at radius 1 is 1.25 bits per heavy atom. The van der Waals surface area contributed by atoms with E-state index >= 15 is 0 Å². The predicted octanol–water partition coefficient (Wildman–Crippen LogP) is 0.563. The second-order valence-electron chi connectivity index (χ2n) is 3.91. The minimum atomic E-state index is -0.250. The molecule has 1 aliphatic heterocycles. The summed E-state index contributed by atoms with van der Waals surface area (Å²) >= 11 is 0. The minimum absolute atomic E-state index is 0.250. The lowest BCUT2D eigenvalue weighted by Gasteiger charge is -2.35. The number of amides is 1. The molecule has 1 N–H and O–H groups in total. The fourth-order valence-electron chi connectivity index (χ4n) is 1.54. The van der Waals surface area contributed by atoms with Crippen molar-refractivity contribution in [3.63, 3.8) is 0 Å². The number of piperazine rings is 1. The Morgan fingerprint density at radius 3 is 2.31 bits per heavy atom. The number of hydrogen-bond acceptors (Lipinski definition) is 3. The highest BCUT2D eigenvalue weighted by Gasteiger charge is 2.16. The molecule has 1 fully saturated rings. The van der Waals surface area contributed by atoms with E-state index in [1.165, 1.54) is 6.08 Å². The second kappa shape index (κ2) is 5.51. The van der Waals surface area contributed by atoms with Crippen molar-refractivity contribution in [1.82, 2.24) is 15.1 Å². The molecule has 88 valence electrons. The van der Waals surface area contributed by atoms with Crippen LogP contribution < -0.4 is 5.32 Å². The lowest BCUT2D eigenvalue weighted by atomic mass is 10.2. The fourth-order valence-corrected chi connectivity index (χ4v) is 1.54. The highest BCUT2D eigenvalue weighted by molar-refractivity contribution is 5.88. The monoisotopic (exact) mass is 221 g/mol. The van der Waals surface area contributed by atoms with E-state index in [9.17, 15) is 4.79 Å². The van der Waals surface area contributed by atoms with Gasteiger partial charge in [0.15, 0.2) is 0 Å². The van der Waals surface area contributed by atoms with Crippen molar-refractivity contribution in [3.05, 3.63) is 37.2 Å². The number of carbonyl (C=O) groups is 1. The number of carbonyl (C=O) groups excluding carboxylic acids is 1. The van der Waals surface area contributed by atoms with Crippen LogP contribution in [0.15, 0.2) is 37.2 Å². The summed E-state index contributed by atoms with van der Waals surface area (Å²) in [7, 11) is 2.09. The SMILES string of the molecule is C=CC(=O)NC(=C)C(=C)N1CCN(C)CC1. The van der Waals surface area contributed by atoms with Gasteiger partial charge in [-0.25, -0.2) is 0 Å². The van der Waals surface area contributed by atoms with Crippen LogP contribution in [0.1, 0.15) is 0 Å². The molecule has 1 saturated heterocycles. The van der Waals surface area contributed by atoms with Gasteiger partial charge in [-0.05, 0) is 13.1 Å². The maximum atomic E-state index is 11.1. The van der Waals surface area contributed by atoms with Gasteiger partial charge in [0.1, 0.15) is 0 Å². The summed E-state index contributed by atoms with van der Waals surface area (Å²) in [4.78, 5) is 15.5. The molecule has 4 nitrogen and oxygen atoms in total. The topological polar surface area (TPSA) is 35.6 Å². The summed E-state index contributed by atoms with van der Waals surface area (Å²) < 4.78 is 0. The van der Waals surface area contributed by atoms with Crippen LogP contribution in [0.25, 0.3) is 0 Å². The van der Waals surface area contributed by atoms with Crippen molar-refractivity contribution < 1.29 is 4.79 Å². The zero-order valence-corrected chi connectivity index (χ0v) is 9.83. The maximum Gasteiger partial charge on any atom is 0.247 e. The van der Waals surface area contributed by atoms with Gasteiger partial charge in [-0.2, -0.15) is 0 Å². The Balaban J connectivity index is 2.48. The maximum absolute atomic E-state index is 11.1. The van der Waals surface area contributed by atoms with Gasteiger partial charge in [0, 0.05) is 26.2 Å². The average Bonchev–Trinajstić information content (AvgIpc) is 2.28. The summed E-state index contributed by atoms with van der Waals surface area (Å²) in [6.07, 6.45) is 1.22. The molecule has 0 atom stereocenters. The number of nitrogens with one attached hydrogen (secondary N) is 1. The Bertz CT molecular complexity index is 314. The molecule has 1 rings (SSSR count). The molecule has 1 aliphatic rings. The van der Waals surface area contributed by atoms with Gasteiger partial charge in [-0.3, -0.25) is 4.79 Å². The summed E-state index contributed by atoms with van der Waals surface area (Å²) in [5.74, 6) is -0.250. The molecule has 0 radical (unpaired) electrons. The Kier molecular flexibility index (Phi) is 4.31. The molecule has 4 heteroatoms. The zero-order valence-electron chi connectivity index (χ0n) is 9.83. The van der Waals surface area contributed by atoms with Gasteiger partial charge in [-0.15, -0.1) is 0 Å². The molecule has 16 heavy (non-hydrogen) atoms. The molecule has 1 heterocycles. The van der Waals surface area contributed by atoms with Gasteiger partial charge in [-0.1, -0.05) is 19.7 Å². The second-order valence-corrected chi connectivity index (χ2v) is 3.91. The van der Waals surface area contributed by atoms with Crippen molar-refractivity contribution >= 4 is 5.91 Å². The third kappa shape index (κ3) is 3.24. The van der Waals surface area contributed by atoms with Crippen LogP contribution in [-0.4, -0.2) is 48.9 Å². The first-order chi connectivity index (χ1) is 7.54. The van der Waals surface area contributed by atoms with Gasteiger partial charge >= 0.3 is 0 Å². The Hall–Kier alpha value is -1.55. The first kappa shape index (κ1) is 12.5. The van der Waals surface area contributed by atoms with Crippen LogP contribution >= 0.6 is 0 Å². The van der Waals surface area contributed by atoms with E-state index in [1.54, 1.807) is 0 Å². The van der Waals surface area contributed by atoms with E-state index in [0.29, 0.717) is 5.70 Å². The van der Waals surface area contributed by atoms with E-state index in [4.69, 9.17) is 0 Å². The van der Waals surface area contributed by atoms with Gasteiger partial charge in [0.25, 0.3) is 0 Å². The van der Waals surface area contributed by atoms with Gasteiger partial charge in [0.2, 0.25) is 5.91 Å². The number of nitrogens with zero attached hydrogens (tertiary/aromatic N) is 2. The van der Waals surface area contributed by atoms with Crippen LogP contribution in [0.3, 0.4) is 0 Å². The van der Waals surface area contributed by atoms with E-state index in [0.717, 1.165) is 31.9 Å². The summed E-state index contributed by atoms with van der Waals surface area (Å²) in [5, 5.41) is 2.63. The molecule has 0 unspecified atom stereocenters. The van der Waals surface area contributed by atoms with E-state index in [2.05, 4.69) is 41.9 Å². The lowest BCUT2D eigenvalue weighted by molar-refractivity contribution is -0.115. The summed E-state index contributed by atoms with van der Waals surface area (Å²) in [5.41, 5.74) is 1.33. The highest BCUT2D eigenvalue weighted by atomic mass is 16.1. The van der Waals surface area contributed by atoms with Crippen LogP contribution in [0.4, 0.5) is 0 Å². The number of hydrogen-bond donors (Lipinski definition) is 1. The zero-order chi connectivity index (χ0) is 12.1. The van der Waals surface area contributed by atoms with Crippen molar-refractivity contribution in [3.8, 4) is 0 Å². The number of rotatable bonds is 4. The standard InChI is InChI=1S/C12H19N3O/c1-5-12(16)13-10(2)11(3)15-8-6-14(4)7-9-15/h5H,1-3,6-9H2,4H3,(H,13,16). The molecule has 0 aromatic carbocycles. The van der Waals surface area contributed by atoms with Gasteiger partial charge in [0.05, 0.1) is 11.4 Å². The Labute approximate surface area is 96.9 Å². The summed E-state index contributed by atoms with van der Waals surface area (Å²) in [6, 6.07) is 0. The van der Waals surface area contributed by atoms with E-state index < -0.39 is 0 Å². The van der Waals surface area contributed by atoms with E-state index in [-0.39, 0.29) is 5.91 Å². The normalized spacial score (nSPS) is 16.7. The molecule has 0 aromatic heterocycles. The minimum Gasteiger partial charge on any atom is -0.368 e. The van der Waals surface area contributed by atoms with E-state index in [1.807, 2.05) is 0 Å². The van der Waals surface area contributed by atoms with Crippen molar-refractivity contribution in [2.75, 3.05) is 33.2 Å². The molecule has 0 bridgehead atoms. The largest absolute Gasteiger partial charge is 0.368 e. The van der Waals surface area contributed by atoms with Crippen molar-refractivity contribution in [2.24, 2.45) is 0 Å². The molecular formula is C12H19N3O. The number of likely N-dealkylation sites (N-methyl/N-ethyl adjacent to an activating group) is 1. The molecule has 0 aromatic rings. The quantitative estimate of drug-likeness (QED) is 0.556. The van der Waals surface area contributed by atoms with Crippen molar-refractivity contribution in [2.45, 2.75) is 0 Å². The first-order valence-corrected chi connectivity index (χ1v) is 5.29. The van der Waals surface area contributed by atoms with Crippen LogP contribution in [0, 0.1) is 0 Å². The molecular weight excluding hydrogens is 202 g/mol. The van der Waals surface area contributed by atoms with Crippen molar-refractivity contribution in [1.29, 1.82) is 0 Å². The lowest BCUT2D eigenvalue weighted by Crippen LogP contribution is -2.44. The fraction of sp³-hybridized carbons (Fsp3) is 0.417. The molecule has 0 saturated carbocycles. The average molecular weight is 221 g/mol. The first-order valence-electron chi connectivity index (χ1n) is 5.29.